The van der Waals surface area contributed by atoms with E-state index < -0.39 is 29.6 Å². The first-order chi connectivity index (χ1) is 17.1. The fraction of sp³-hybridized carbons (Fsp3) is 0.333. The fourth-order valence-corrected chi connectivity index (χ4v) is 4.41. The molecular formula is C27H29F3N2O4. The molecule has 2 atom stereocenters. The normalized spacial score (nSPS) is 16.9. The highest BCUT2D eigenvalue weighted by Gasteiger charge is 2.43. The SMILES string of the molecule is CCOC(=O)C1=C(CCC(N)c2ccccc2)NC(C)=C(C(=O)OC)C1c1ccccc1C(F)(F)F. The minimum atomic E-state index is -4.72. The van der Waals surface area contributed by atoms with Crippen molar-refractivity contribution in [3.63, 3.8) is 0 Å². The summed E-state index contributed by atoms with van der Waals surface area (Å²) in [4.78, 5) is 26.0. The number of methoxy groups -OCH3 is 1. The van der Waals surface area contributed by atoms with Crippen LogP contribution in [0.2, 0.25) is 0 Å². The number of alkyl halides is 3. The molecule has 36 heavy (non-hydrogen) atoms. The molecule has 1 aliphatic heterocycles. The van der Waals surface area contributed by atoms with Gasteiger partial charge in [-0.05, 0) is 43.9 Å². The lowest BCUT2D eigenvalue weighted by molar-refractivity contribution is -0.141. The summed E-state index contributed by atoms with van der Waals surface area (Å²) in [7, 11) is 1.14. The summed E-state index contributed by atoms with van der Waals surface area (Å²) in [5, 5.41) is 3.06. The Morgan fingerprint density at radius 1 is 1.03 bits per heavy atom. The molecule has 3 rings (SSSR count). The highest BCUT2D eigenvalue weighted by molar-refractivity contribution is 6.00. The van der Waals surface area contributed by atoms with Crippen molar-refractivity contribution in [3.8, 4) is 0 Å². The van der Waals surface area contributed by atoms with Gasteiger partial charge in [-0.25, -0.2) is 9.59 Å². The number of benzene rings is 2. The van der Waals surface area contributed by atoms with Crippen LogP contribution in [0.3, 0.4) is 0 Å². The Hall–Kier alpha value is -3.59. The van der Waals surface area contributed by atoms with Gasteiger partial charge in [0.25, 0.3) is 0 Å². The molecule has 3 N–H and O–H groups in total. The van der Waals surface area contributed by atoms with E-state index in [9.17, 15) is 22.8 Å². The van der Waals surface area contributed by atoms with Crippen LogP contribution in [0.5, 0.6) is 0 Å². The molecule has 0 spiro atoms. The van der Waals surface area contributed by atoms with Crippen molar-refractivity contribution in [1.29, 1.82) is 0 Å². The molecule has 9 heteroatoms. The maximum absolute atomic E-state index is 14.0. The summed E-state index contributed by atoms with van der Waals surface area (Å²) in [6, 6.07) is 13.8. The summed E-state index contributed by atoms with van der Waals surface area (Å²) in [6.07, 6.45) is -4.09. The maximum Gasteiger partial charge on any atom is 0.416 e. The molecule has 2 aromatic rings. The number of nitrogens with one attached hydrogen (secondary N) is 1. The van der Waals surface area contributed by atoms with Crippen molar-refractivity contribution in [3.05, 3.63) is 93.8 Å². The van der Waals surface area contributed by atoms with Gasteiger partial charge in [0.2, 0.25) is 0 Å². The van der Waals surface area contributed by atoms with Crippen LogP contribution in [0.25, 0.3) is 0 Å². The van der Waals surface area contributed by atoms with Gasteiger partial charge >= 0.3 is 18.1 Å². The quantitative estimate of drug-likeness (QED) is 0.486. The van der Waals surface area contributed by atoms with Gasteiger partial charge in [0.1, 0.15) is 0 Å². The molecule has 0 fully saturated rings. The maximum atomic E-state index is 14.0. The van der Waals surface area contributed by atoms with Crippen LogP contribution >= 0.6 is 0 Å². The minimum absolute atomic E-state index is 0.00301. The Bertz CT molecular complexity index is 1170. The number of dihydropyridines is 1. The van der Waals surface area contributed by atoms with E-state index in [-0.39, 0.29) is 35.8 Å². The number of esters is 2. The number of rotatable bonds is 8. The number of allylic oxidation sites excluding steroid dienone is 2. The monoisotopic (exact) mass is 502 g/mol. The molecule has 0 amide bonds. The van der Waals surface area contributed by atoms with Gasteiger partial charge in [0.05, 0.1) is 36.3 Å². The van der Waals surface area contributed by atoms with E-state index in [2.05, 4.69) is 5.32 Å². The second-order valence-corrected chi connectivity index (χ2v) is 8.34. The number of carbonyl (C=O) groups is 2. The summed E-state index contributed by atoms with van der Waals surface area (Å²) in [5.41, 5.74) is 6.53. The third-order valence-corrected chi connectivity index (χ3v) is 6.06. The van der Waals surface area contributed by atoms with Crippen molar-refractivity contribution >= 4 is 11.9 Å². The molecule has 6 nitrogen and oxygen atoms in total. The molecule has 0 radical (unpaired) electrons. The van der Waals surface area contributed by atoms with Crippen LogP contribution in [-0.2, 0) is 25.2 Å². The Morgan fingerprint density at radius 3 is 2.28 bits per heavy atom. The van der Waals surface area contributed by atoms with Gasteiger partial charge in [-0.1, -0.05) is 48.5 Å². The van der Waals surface area contributed by atoms with Crippen LogP contribution in [0.1, 0.15) is 55.3 Å². The number of halogens is 3. The number of carbonyl (C=O) groups excluding carboxylic acids is 2. The van der Waals surface area contributed by atoms with E-state index in [0.717, 1.165) is 18.7 Å². The molecule has 2 unspecified atom stereocenters. The molecule has 0 aliphatic carbocycles. The Balaban J connectivity index is 2.18. The molecule has 2 aromatic carbocycles. The summed E-state index contributed by atoms with van der Waals surface area (Å²) < 4.78 is 52.2. The summed E-state index contributed by atoms with van der Waals surface area (Å²) in [6.45, 7) is 3.16. The van der Waals surface area contributed by atoms with E-state index in [0.29, 0.717) is 17.8 Å². The van der Waals surface area contributed by atoms with Crippen molar-refractivity contribution in [2.75, 3.05) is 13.7 Å². The van der Waals surface area contributed by atoms with Crippen LogP contribution < -0.4 is 11.1 Å². The smallest absolute Gasteiger partial charge is 0.416 e. The highest BCUT2D eigenvalue weighted by atomic mass is 19.4. The average Bonchev–Trinajstić information content (AvgIpc) is 2.86. The van der Waals surface area contributed by atoms with Gasteiger partial charge in [-0.3, -0.25) is 0 Å². The zero-order valence-corrected chi connectivity index (χ0v) is 20.3. The standard InChI is InChI=1S/C27H29F3N2O4/c1-4-36-26(34)24-21(15-14-20(31)17-10-6-5-7-11-17)32-16(2)22(25(33)35-3)23(24)18-12-8-9-13-19(18)27(28,29)30/h5-13,20,23,32H,4,14-15,31H2,1-3H3. The molecule has 0 saturated heterocycles. The predicted molar refractivity (Wildman–Crippen MR) is 128 cm³/mol. The molecule has 1 heterocycles. The van der Waals surface area contributed by atoms with E-state index >= 15 is 0 Å². The fourth-order valence-electron chi connectivity index (χ4n) is 4.41. The second-order valence-electron chi connectivity index (χ2n) is 8.34. The Kier molecular flexibility index (Phi) is 8.57. The number of hydrogen-bond acceptors (Lipinski definition) is 6. The first-order valence-corrected chi connectivity index (χ1v) is 11.5. The lowest BCUT2D eigenvalue weighted by atomic mass is 9.77. The van der Waals surface area contributed by atoms with Gasteiger partial charge < -0.3 is 20.5 Å². The summed E-state index contributed by atoms with van der Waals surface area (Å²) >= 11 is 0. The molecule has 192 valence electrons. The Labute approximate surface area is 208 Å². The first kappa shape index (κ1) is 27.0. The van der Waals surface area contributed by atoms with Crippen molar-refractivity contribution in [2.24, 2.45) is 5.73 Å². The van der Waals surface area contributed by atoms with E-state index in [1.165, 1.54) is 18.2 Å². The number of nitrogens with two attached hydrogens (primary N) is 1. The van der Waals surface area contributed by atoms with Crippen LogP contribution in [0.15, 0.2) is 77.1 Å². The number of hydrogen-bond donors (Lipinski definition) is 2. The molecule has 0 aromatic heterocycles. The lowest BCUT2D eigenvalue weighted by Gasteiger charge is -2.33. The summed E-state index contributed by atoms with van der Waals surface area (Å²) in [5.74, 6) is -3.01. The van der Waals surface area contributed by atoms with Gasteiger partial charge in [0.15, 0.2) is 0 Å². The lowest BCUT2D eigenvalue weighted by Crippen LogP contribution is -2.34. The molecular weight excluding hydrogens is 473 g/mol. The van der Waals surface area contributed by atoms with Crippen molar-refractivity contribution in [2.45, 2.75) is 44.8 Å². The molecule has 0 bridgehead atoms. The van der Waals surface area contributed by atoms with Crippen LogP contribution in [0, 0.1) is 0 Å². The third kappa shape index (κ3) is 5.79. The number of ether oxygens (including phenoxy) is 2. The topological polar surface area (TPSA) is 90.6 Å². The molecule has 1 aliphatic rings. The van der Waals surface area contributed by atoms with Crippen molar-refractivity contribution < 1.29 is 32.2 Å². The van der Waals surface area contributed by atoms with E-state index in [4.69, 9.17) is 15.2 Å². The highest BCUT2D eigenvalue weighted by Crippen LogP contribution is 2.45. The average molecular weight is 503 g/mol. The van der Waals surface area contributed by atoms with Crippen LogP contribution in [0.4, 0.5) is 13.2 Å². The minimum Gasteiger partial charge on any atom is -0.466 e. The van der Waals surface area contributed by atoms with Gasteiger partial charge in [-0.2, -0.15) is 13.2 Å². The van der Waals surface area contributed by atoms with E-state index in [1.54, 1.807) is 13.8 Å². The van der Waals surface area contributed by atoms with Gasteiger partial charge in [0, 0.05) is 17.4 Å². The zero-order chi connectivity index (χ0) is 26.5. The zero-order valence-electron chi connectivity index (χ0n) is 20.3. The van der Waals surface area contributed by atoms with Crippen molar-refractivity contribution in [1.82, 2.24) is 5.32 Å². The Morgan fingerprint density at radius 2 is 1.67 bits per heavy atom. The van der Waals surface area contributed by atoms with Gasteiger partial charge in [-0.15, -0.1) is 0 Å². The molecule has 0 saturated carbocycles. The predicted octanol–water partition coefficient (Wildman–Crippen LogP) is 5.14. The second kappa shape index (κ2) is 11.4. The van der Waals surface area contributed by atoms with Crippen LogP contribution in [-0.4, -0.2) is 25.7 Å². The third-order valence-electron chi connectivity index (χ3n) is 6.06. The van der Waals surface area contributed by atoms with E-state index in [1.807, 2.05) is 30.3 Å². The largest absolute Gasteiger partial charge is 0.466 e. The first-order valence-electron chi connectivity index (χ1n) is 11.5.